The Kier molecular flexibility index (Phi) is 6.83. The van der Waals surface area contributed by atoms with E-state index in [0.717, 1.165) is 59.3 Å². The fourth-order valence-corrected chi connectivity index (χ4v) is 5.00. The van der Waals surface area contributed by atoms with Crippen LogP contribution in [0.15, 0.2) is 59.2 Å². The first-order valence-corrected chi connectivity index (χ1v) is 12.4. The Morgan fingerprint density at radius 3 is 2.83 bits per heavy atom. The maximum absolute atomic E-state index is 13.5. The van der Waals surface area contributed by atoms with Gasteiger partial charge in [-0.25, -0.2) is 9.07 Å². The third-order valence-corrected chi connectivity index (χ3v) is 6.72. The summed E-state index contributed by atoms with van der Waals surface area (Å²) in [6.07, 6.45) is 5.45. The van der Waals surface area contributed by atoms with Crippen LogP contribution in [-0.2, 0) is 12.8 Å². The van der Waals surface area contributed by atoms with Gasteiger partial charge >= 0.3 is 0 Å². The van der Waals surface area contributed by atoms with E-state index < -0.39 is 6.17 Å². The number of aryl methyl sites for hydroxylation is 1. The number of hydrogen-bond donors (Lipinski definition) is 1. The molecule has 186 valence electrons. The van der Waals surface area contributed by atoms with Gasteiger partial charge < -0.3 is 14.8 Å². The number of carbonyl (C=O) groups is 1. The summed E-state index contributed by atoms with van der Waals surface area (Å²) in [5.41, 5.74) is 7.00. The number of rotatable bonds is 8. The standard InChI is InChI=1S/C28H27ClFN3O3/c1-3-4-19(24(29)11-17(2)30)14-31-20-7-5-18-6-9-22-25(15-34)32-33(28(22)23(18)12-20)21-8-10-26-27(13-21)36-16-35-26/h4-5,7-8,10-13,15,17,31H,3,6,9,14,16H2,1-2H3/b19-4-,24-11+. The van der Waals surface area contributed by atoms with Crippen LogP contribution in [0, 0.1) is 0 Å². The van der Waals surface area contributed by atoms with Crippen LogP contribution >= 0.6 is 11.6 Å². The zero-order valence-corrected chi connectivity index (χ0v) is 20.9. The molecule has 2 aromatic carbocycles. The Morgan fingerprint density at radius 1 is 1.22 bits per heavy atom. The highest BCUT2D eigenvalue weighted by Gasteiger charge is 2.27. The lowest BCUT2D eigenvalue weighted by Crippen LogP contribution is -2.10. The highest BCUT2D eigenvalue weighted by Crippen LogP contribution is 2.40. The molecule has 1 aromatic heterocycles. The van der Waals surface area contributed by atoms with Crippen molar-refractivity contribution in [2.24, 2.45) is 0 Å². The summed E-state index contributed by atoms with van der Waals surface area (Å²) in [4.78, 5) is 11.9. The van der Waals surface area contributed by atoms with Crippen LogP contribution < -0.4 is 14.8 Å². The summed E-state index contributed by atoms with van der Waals surface area (Å²) < 4.78 is 26.3. The van der Waals surface area contributed by atoms with E-state index in [2.05, 4.69) is 22.5 Å². The van der Waals surface area contributed by atoms with Crippen molar-refractivity contribution in [2.75, 3.05) is 18.7 Å². The number of allylic oxidation sites excluding steroid dienone is 2. The van der Waals surface area contributed by atoms with Crippen LogP contribution in [0.2, 0.25) is 0 Å². The summed E-state index contributed by atoms with van der Waals surface area (Å²) in [5, 5.41) is 8.49. The molecule has 2 aliphatic rings. The van der Waals surface area contributed by atoms with Crippen molar-refractivity contribution >= 4 is 23.6 Å². The summed E-state index contributed by atoms with van der Waals surface area (Å²) in [6, 6.07) is 11.8. The maximum atomic E-state index is 13.5. The number of nitrogens with one attached hydrogen (secondary N) is 1. The molecule has 1 aliphatic carbocycles. The molecule has 8 heteroatoms. The molecular weight excluding hydrogens is 481 g/mol. The van der Waals surface area contributed by atoms with Crippen LogP contribution in [0.5, 0.6) is 11.5 Å². The fraction of sp³-hybridized carbons (Fsp3) is 0.286. The molecule has 6 nitrogen and oxygen atoms in total. The van der Waals surface area contributed by atoms with E-state index in [0.29, 0.717) is 28.8 Å². The second-order valence-corrected chi connectivity index (χ2v) is 9.24. The number of benzene rings is 2. The zero-order chi connectivity index (χ0) is 25.2. The predicted molar refractivity (Wildman–Crippen MR) is 139 cm³/mol. The molecular formula is C28H27ClFN3O3. The number of hydrogen-bond acceptors (Lipinski definition) is 5. The largest absolute Gasteiger partial charge is 0.454 e. The Labute approximate surface area is 214 Å². The van der Waals surface area contributed by atoms with Crippen molar-refractivity contribution < 1.29 is 18.7 Å². The van der Waals surface area contributed by atoms with E-state index in [4.69, 9.17) is 21.1 Å². The Hall–Kier alpha value is -3.58. The Morgan fingerprint density at radius 2 is 2.06 bits per heavy atom. The van der Waals surface area contributed by atoms with E-state index >= 15 is 0 Å². The lowest BCUT2D eigenvalue weighted by Gasteiger charge is -2.20. The molecule has 1 atom stereocenters. The first kappa shape index (κ1) is 24.1. The maximum Gasteiger partial charge on any atom is 0.231 e. The first-order valence-electron chi connectivity index (χ1n) is 12.0. The lowest BCUT2D eigenvalue weighted by molar-refractivity contribution is 0.111. The molecule has 1 unspecified atom stereocenters. The van der Waals surface area contributed by atoms with E-state index in [1.807, 2.05) is 41.9 Å². The van der Waals surface area contributed by atoms with E-state index in [9.17, 15) is 9.18 Å². The topological polar surface area (TPSA) is 65.4 Å². The van der Waals surface area contributed by atoms with Gasteiger partial charge in [0.05, 0.1) is 11.4 Å². The van der Waals surface area contributed by atoms with Gasteiger partial charge in [0.25, 0.3) is 0 Å². The van der Waals surface area contributed by atoms with Crippen molar-refractivity contribution in [1.82, 2.24) is 9.78 Å². The van der Waals surface area contributed by atoms with Crippen molar-refractivity contribution in [3.63, 3.8) is 0 Å². The van der Waals surface area contributed by atoms with Crippen LogP contribution in [0.25, 0.3) is 16.9 Å². The molecule has 1 N–H and O–H groups in total. The molecule has 0 fully saturated rings. The number of aromatic nitrogens is 2. The molecule has 36 heavy (non-hydrogen) atoms. The van der Waals surface area contributed by atoms with Crippen LogP contribution in [0.3, 0.4) is 0 Å². The normalized spacial score (nSPS) is 15.3. The summed E-state index contributed by atoms with van der Waals surface area (Å²) in [6.45, 7) is 4.12. The molecule has 3 aromatic rings. The van der Waals surface area contributed by atoms with Crippen molar-refractivity contribution in [3.8, 4) is 28.4 Å². The first-order chi connectivity index (χ1) is 17.5. The monoisotopic (exact) mass is 507 g/mol. The minimum absolute atomic E-state index is 0.186. The highest BCUT2D eigenvalue weighted by molar-refractivity contribution is 6.32. The second-order valence-electron chi connectivity index (χ2n) is 8.83. The molecule has 2 heterocycles. The molecule has 0 spiro atoms. The van der Waals surface area contributed by atoms with Gasteiger partial charge in [-0.1, -0.05) is 30.7 Å². The minimum Gasteiger partial charge on any atom is -0.454 e. The molecule has 0 saturated heterocycles. The summed E-state index contributed by atoms with van der Waals surface area (Å²) in [7, 11) is 0. The average molecular weight is 508 g/mol. The number of carbonyl (C=O) groups excluding carboxylic acids is 1. The third-order valence-electron chi connectivity index (χ3n) is 6.35. The number of halogens is 2. The number of ether oxygens (including phenoxy) is 2. The Balaban J connectivity index is 1.51. The number of anilines is 1. The molecule has 0 bridgehead atoms. The van der Waals surface area contributed by atoms with Gasteiger partial charge in [-0.15, -0.1) is 0 Å². The van der Waals surface area contributed by atoms with Crippen LogP contribution in [-0.4, -0.2) is 35.6 Å². The zero-order valence-electron chi connectivity index (χ0n) is 20.2. The second kappa shape index (κ2) is 10.2. The van der Waals surface area contributed by atoms with Crippen LogP contribution in [0.4, 0.5) is 10.1 Å². The molecule has 0 saturated carbocycles. The van der Waals surface area contributed by atoms with Gasteiger partial charge in [-0.2, -0.15) is 5.10 Å². The van der Waals surface area contributed by atoms with Gasteiger partial charge in [0.15, 0.2) is 17.8 Å². The summed E-state index contributed by atoms with van der Waals surface area (Å²) in [5.74, 6) is 1.34. The van der Waals surface area contributed by atoms with E-state index in [1.165, 1.54) is 18.6 Å². The number of nitrogens with zero attached hydrogens (tertiary/aromatic N) is 2. The SMILES string of the molecule is CC/C=C(CNc1ccc2c(c1)-c1c(c(C=O)nn1-c1ccc3c(c1)OCO3)CC2)\C(Cl)=C/C(C)F. The van der Waals surface area contributed by atoms with Gasteiger partial charge in [0, 0.05) is 34.5 Å². The number of fused-ring (bicyclic) bond motifs is 4. The van der Waals surface area contributed by atoms with Crippen molar-refractivity contribution in [1.29, 1.82) is 0 Å². The smallest absolute Gasteiger partial charge is 0.231 e. The van der Waals surface area contributed by atoms with Gasteiger partial charge in [0.2, 0.25) is 6.79 Å². The van der Waals surface area contributed by atoms with E-state index in [1.54, 1.807) is 0 Å². The molecule has 0 radical (unpaired) electrons. The molecule has 1 aliphatic heterocycles. The number of alkyl halides is 1. The van der Waals surface area contributed by atoms with Crippen molar-refractivity contribution in [2.45, 2.75) is 39.3 Å². The highest BCUT2D eigenvalue weighted by atomic mass is 35.5. The minimum atomic E-state index is -1.12. The number of aldehydes is 1. The average Bonchev–Trinajstić information content (AvgIpc) is 3.50. The quantitative estimate of drug-likeness (QED) is 0.282. The third kappa shape index (κ3) is 4.63. The fourth-order valence-electron chi connectivity index (χ4n) is 4.68. The van der Waals surface area contributed by atoms with Crippen LogP contribution in [0.1, 0.15) is 41.9 Å². The van der Waals surface area contributed by atoms with E-state index in [-0.39, 0.29) is 6.79 Å². The molecule has 0 amide bonds. The van der Waals surface area contributed by atoms with Gasteiger partial charge in [-0.3, -0.25) is 4.79 Å². The summed E-state index contributed by atoms with van der Waals surface area (Å²) >= 11 is 6.37. The Bertz CT molecular complexity index is 1380. The van der Waals surface area contributed by atoms with Crippen molar-refractivity contribution in [3.05, 3.63) is 76.0 Å². The molecule has 5 rings (SSSR count). The van der Waals surface area contributed by atoms with Gasteiger partial charge in [0.1, 0.15) is 11.9 Å². The lowest BCUT2D eigenvalue weighted by atomic mass is 9.88. The predicted octanol–water partition coefficient (Wildman–Crippen LogP) is 6.41. The van der Waals surface area contributed by atoms with Gasteiger partial charge in [-0.05, 0) is 67.7 Å².